The summed E-state index contributed by atoms with van der Waals surface area (Å²) in [5, 5.41) is 0. The van der Waals surface area contributed by atoms with E-state index in [2.05, 4.69) is 17.0 Å². The Labute approximate surface area is 93.7 Å². The van der Waals surface area contributed by atoms with Crippen LogP contribution >= 0.6 is 0 Å². The van der Waals surface area contributed by atoms with E-state index in [4.69, 9.17) is 0 Å². The van der Waals surface area contributed by atoms with Crippen LogP contribution in [0, 0.1) is 13.0 Å². The van der Waals surface area contributed by atoms with Gasteiger partial charge in [0.1, 0.15) is 0 Å². The maximum atomic E-state index is 3.10. The minimum absolute atomic E-state index is 0. The van der Waals surface area contributed by atoms with Crippen LogP contribution in [0.3, 0.4) is 0 Å². The molecule has 1 aromatic rings. The van der Waals surface area contributed by atoms with Crippen LogP contribution in [0.4, 0.5) is 5.69 Å². The van der Waals surface area contributed by atoms with E-state index in [0.717, 1.165) is 0 Å². The van der Waals surface area contributed by atoms with Gasteiger partial charge in [0, 0.05) is 14.1 Å². The smallest absolute Gasteiger partial charge is 0.399 e. The second kappa shape index (κ2) is 4.89. The third-order valence-electron chi connectivity index (χ3n) is 1.45. The Morgan fingerprint density at radius 1 is 1.36 bits per heavy atom. The molecule has 0 fully saturated rings. The van der Waals surface area contributed by atoms with Gasteiger partial charge in [-0.2, -0.15) is 17.7 Å². The summed E-state index contributed by atoms with van der Waals surface area (Å²) in [5.41, 5.74) is 2.42. The summed E-state index contributed by atoms with van der Waals surface area (Å²) < 4.78 is 0. The van der Waals surface area contributed by atoms with Crippen LogP contribution < -0.4 is 4.90 Å². The summed E-state index contributed by atoms with van der Waals surface area (Å²) in [5.74, 6) is 0. The van der Waals surface area contributed by atoms with Crippen molar-refractivity contribution in [2.75, 3.05) is 19.0 Å². The average molecular weight is 223 g/mol. The summed E-state index contributed by atoms with van der Waals surface area (Å²) in [6.45, 7) is 2.05. The molecule has 0 saturated carbocycles. The van der Waals surface area contributed by atoms with Gasteiger partial charge in [0.2, 0.25) is 0 Å². The number of aryl methyl sites for hydroxylation is 1. The van der Waals surface area contributed by atoms with Gasteiger partial charge >= 0.3 is 32.7 Å². The summed E-state index contributed by atoms with van der Waals surface area (Å²) >= 11 is 0. The van der Waals surface area contributed by atoms with Crippen molar-refractivity contribution in [3.8, 4) is 0 Å². The van der Waals surface area contributed by atoms with Crippen LogP contribution in [0.25, 0.3) is 0 Å². The zero-order chi connectivity index (χ0) is 7.56. The molecule has 0 aliphatic carbocycles. The summed E-state index contributed by atoms with van der Waals surface area (Å²) in [6, 6.07) is 9.21. The van der Waals surface area contributed by atoms with Crippen molar-refractivity contribution < 1.29 is 32.7 Å². The molecule has 0 spiro atoms. The van der Waals surface area contributed by atoms with Crippen LogP contribution in [0.1, 0.15) is 5.56 Å². The van der Waals surface area contributed by atoms with Crippen LogP contribution in [0.2, 0.25) is 0 Å². The molecule has 1 rings (SSSR count). The summed E-state index contributed by atoms with van der Waals surface area (Å²) in [7, 11) is 4.07. The van der Waals surface area contributed by atoms with Gasteiger partial charge in [-0.3, -0.25) is 0 Å². The molecule has 54 valence electrons. The van der Waals surface area contributed by atoms with E-state index in [9.17, 15) is 0 Å². The third kappa shape index (κ3) is 3.35. The summed E-state index contributed by atoms with van der Waals surface area (Å²) in [4.78, 5) is 2.08. The van der Waals surface area contributed by atoms with E-state index in [1.54, 1.807) is 0 Å². The van der Waals surface area contributed by atoms with Crippen molar-refractivity contribution >= 4 is 5.69 Å². The summed E-state index contributed by atoms with van der Waals surface area (Å²) in [6.07, 6.45) is 0. The van der Waals surface area contributed by atoms with E-state index < -0.39 is 0 Å². The monoisotopic (exact) mass is 223 g/mol. The predicted octanol–water partition coefficient (Wildman–Crippen LogP) is 1.86. The van der Waals surface area contributed by atoms with Crippen molar-refractivity contribution in [1.29, 1.82) is 0 Å². The van der Waals surface area contributed by atoms with Crippen molar-refractivity contribution in [1.82, 2.24) is 0 Å². The molecule has 11 heavy (non-hydrogen) atoms. The Balaban J connectivity index is 0.000001000. The fourth-order valence-corrected chi connectivity index (χ4v) is 0.848. The Morgan fingerprint density at radius 2 is 2.00 bits per heavy atom. The number of benzene rings is 1. The third-order valence-corrected chi connectivity index (χ3v) is 1.45. The molecule has 0 radical (unpaired) electrons. The number of anilines is 1. The van der Waals surface area contributed by atoms with E-state index in [1.807, 2.05) is 33.2 Å². The normalized spacial score (nSPS) is 8.64. The Morgan fingerprint density at radius 3 is 2.36 bits per heavy atom. The van der Waals surface area contributed by atoms with E-state index in [-0.39, 0.29) is 32.7 Å². The van der Waals surface area contributed by atoms with Gasteiger partial charge in [-0.25, -0.2) is 0 Å². The molecule has 0 amide bonds. The molecule has 0 unspecified atom stereocenters. The standard InChI is InChI=1S/C9H12N.Y/c1-8-5-4-6-9(7-8)10(2)3;/h4,6-7H,1-3H3;/q-1;+3. The first-order valence-electron chi connectivity index (χ1n) is 3.36. The number of nitrogens with zero attached hydrogens (tertiary/aromatic N) is 1. The molecular formula is C9H12NY+2. The van der Waals surface area contributed by atoms with Crippen LogP contribution in [0.5, 0.6) is 0 Å². The molecule has 1 aromatic carbocycles. The molecule has 0 aliphatic rings. The van der Waals surface area contributed by atoms with Crippen molar-refractivity contribution in [2.24, 2.45) is 0 Å². The molecule has 0 N–H and O–H groups in total. The quantitative estimate of drug-likeness (QED) is 0.657. The Hall–Kier alpha value is 0.124. The van der Waals surface area contributed by atoms with E-state index >= 15 is 0 Å². The van der Waals surface area contributed by atoms with Crippen molar-refractivity contribution in [3.05, 3.63) is 29.8 Å². The van der Waals surface area contributed by atoms with E-state index in [0.29, 0.717) is 0 Å². The van der Waals surface area contributed by atoms with Gasteiger partial charge in [0.05, 0.1) is 0 Å². The van der Waals surface area contributed by atoms with Crippen molar-refractivity contribution in [3.63, 3.8) is 0 Å². The zero-order valence-corrected chi connectivity index (χ0v) is 10.1. The first-order valence-corrected chi connectivity index (χ1v) is 3.36. The van der Waals surface area contributed by atoms with Gasteiger partial charge in [-0.1, -0.05) is 12.6 Å². The number of rotatable bonds is 1. The predicted molar refractivity (Wildman–Crippen MR) is 44.3 cm³/mol. The van der Waals surface area contributed by atoms with Gasteiger partial charge in [0.25, 0.3) is 0 Å². The second-order valence-electron chi connectivity index (χ2n) is 2.62. The fourth-order valence-electron chi connectivity index (χ4n) is 0.848. The minimum atomic E-state index is 0. The first kappa shape index (κ1) is 11.1. The second-order valence-corrected chi connectivity index (χ2v) is 2.62. The molecule has 0 saturated heterocycles. The van der Waals surface area contributed by atoms with Crippen molar-refractivity contribution in [2.45, 2.75) is 6.92 Å². The number of hydrogen-bond donors (Lipinski definition) is 0. The van der Waals surface area contributed by atoms with Gasteiger partial charge in [0.15, 0.2) is 0 Å². The molecule has 0 bridgehead atoms. The first-order chi connectivity index (χ1) is 4.70. The van der Waals surface area contributed by atoms with Gasteiger partial charge in [-0.05, 0) is 0 Å². The molecule has 1 nitrogen and oxygen atoms in total. The molecule has 0 aliphatic heterocycles. The maximum Gasteiger partial charge on any atom is 3.00 e. The Kier molecular flexibility index (Phi) is 4.95. The van der Waals surface area contributed by atoms with Gasteiger partial charge < -0.3 is 4.90 Å². The topological polar surface area (TPSA) is 3.24 Å². The van der Waals surface area contributed by atoms with Gasteiger partial charge in [-0.15, -0.1) is 12.1 Å². The van der Waals surface area contributed by atoms with Crippen LogP contribution in [-0.4, -0.2) is 14.1 Å². The average Bonchev–Trinajstić information content (AvgIpc) is 1.88. The maximum absolute atomic E-state index is 3.10. The Bertz CT molecular complexity index is 221. The largest absolute Gasteiger partial charge is 3.00 e. The molecule has 2 heteroatoms. The molecular weight excluding hydrogens is 211 g/mol. The molecule has 0 atom stereocenters. The minimum Gasteiger partial charge on any atom is -0.399 e. The molecule has 0 aromatic heterocycles. The zero-order valence-electron chi connectivity index (χ0n) is 7.26. The molecule has 0 heterocycles. The number of hydrogen-bond acceptors (Lipinski definition) is 1. The van der Waals surface area contributed by atoms with Crippen LogP contribution in [0.15, 0.2) is 18.2 Å². The fraction of sp³-hybridized carbons (Fsp3) is 0.333. The van der Waals surface area contributed by atoms with E-state index in [1.165, 1.54) is 11.3 Å². The van der Waals surface area contributed by atoms with Crippen LogP contribution in [-0.2, 0) is 32.7 Å². The SMILES string of the molecule is Cc1[c-]ccc(N(C)C)c1.[Y+3].